The van der Waals surface area contributed by atoms with Crippen molar-refractivity contribution in [3.63, 3.8) is 0 Å². The number of ether oxygens (including phenoxy) is 4. The summed E-state index contributed by atoms with van der Waals surface area (Å²) in [6.45, 7) is 10.7. The van der Waals surface area contributed by atoms with Gasteiger partial charge in [0.05, 0.1) is 28.9 Å². The number of carbonyl (C=O) groups excluding carboxylic acids is 4. The molecule has 0 fully saturated rings. The maximum atomic E-state index is 13.3. The van der Waals surface area contributed by atoms with Gasteiger partial charge < -0.3 is 18.9 Å². The van der Waals surface area contributed by atoms with Crippen molar-refractivity contribution in [3.05, 3.63) is 107 Å². The molecular weight excluding hydrogens is 548 g/mol. The van der Waals surface area contributed by atoms with Gasteiger partial charge >= 0.3 is 23.9 Å². The SMILES string of the molecule is CCC(C)(CC(C)OC(=O)c1ccccc1C(=O)OC(C)(C)C(C)COC(=O)c1ccccc1)OC(=O)c1ccccc1. The smallest absolute Gasteiger partial charge is 0.339 e. The second-order valence-corrected chi connectivity index (χ2v) is 11.4. The number of carbonyl (C=O) groups is 4. The molecule has 3 unspecified atom stereocenters. The normalized spacial score (nSPS) is 14.0. The van der Waals surface area contributed by atoms with E-state index in [0.717, 1.165) is 0 Å². The van der Waals surface area contributed by atoms with E-state index < -0.39 is 41.2 Å². The van der Waals surface area contributed by atoms with Gasteiger partial charge in [-0.1, -0.05) is 62.4 Å². The Morgan fingerprint density at radius 3 is 1.67 bits per heavy atom. The minimum Gasteiger partial charge on any atom is -0.462 e. The summed E-state index contributed by atoms with van der Waals surface area (Å²) in [5.41, 5.74) is -0.933. The van der Waals surface area contributed by atoms with Gasteiger partial charge in [0.25, 0.3) is 0 Å². The summed E-state index contributed by atoms with van der Waals surface area (Å²) in [6, 6.07) is 23.6. The summed E-state index contributed by atoms with van der Waals surface area (Å²) in [5.74, 6) is -2.68. The Kier molecular flexibility index (Phi) is 11.2. The van der Waals surface area contributed by atoms with Crippen LogP contribution < -0.4 is 0 Å². The molecule has 0 N–H and O–H groups in total. The number of hydrogen-bond acceptors (Lipinski definition) is 8. The Balaban J connectivity index is 1.62. The first-order chi connectivity index (χ1) is 20.3. The lowest BCUT2D eigenvalue weighted by Crippen LogP contribution is -2.38. The van der Waals surface area contributed by atoms with E-state index in [-0.39, 0.29) is 30.1 Å². The lowest BCUT2D eigenvalue weighted by Gasteiger charge is -2.32. The molecule has 8 heteroatoms. The topological polar surface area (TPSA) is 105 Å². The van der Waals surface area contributed by atoms with Crippen molar-refractivity contribution in [1.29, 1.82) is 0 Å². The van der Waals surface area contributed by atoms with Gasteiger partial charge in [-0.2, -0.15) is 0 Å². The van der Waals surface area contributed by atoms with Crippen LogP contribution in [0, 0.1) is 5.92 Å². The molecule has 0 aliphatic rings. The van der Waals surface area contributed by atoms with E-state index in [2.05, 4.69) is 0 Å². The zero-order valence-electron chi connectivity index (χ0n) is 25.6. The highest BCUT2D eigenvalue weighted by Gasteiger charge is 2.34. The molecule has 3 atom stereocenters. The van der Waals surface area contributed by atoms with Crippen LogP contribution in [0.3, 0.4) is 0 Å². The van der Waals surface area contributed by atoms with E-state index in [9.17, 15) is 19.2 Å². The summed E-state index contributed by atoms with van der Waals surface area (Å²) in [4.78, 5) is 51.5. The van der Waals surface area contributed by atoms with E-state index in [1.165, 1.54) is 12.1 Å². The molecule has 3 aromatic rings. The fraction of sp³-hybridized carbons (Fsp3) is 0.371. The van der Waals surface area contributed by atoms with Crippen LogP contribution >= 0.6 is 0 Å². The predicted octanol–water partition coefficient (Wildman–Crippen LogP) is 7.08. The van der Waals surface area contributed by atoms with E-state index in [4.69, 9.17) is 18.9 Å². The van der Waals surface area contributed by atoms with Crippen LogP contribution in [0.4, 0.5) is 0 Å². The molecule has 0 aromatic heterocycles. The van der Waals surface area contributed by atoms with Crippen LogP contribution in [0.25, 0.3) is 0 Å². The quantitative estimate of drug-likeness (QED) is 0.154. The molecule has 0 saturated heterocycles. The molecule has 3 aromatic carbocycles. The van der Waals surface area contributed by atoms with E-state index in [1.54, 1.807) is 88.4 Å². The van der Waals surface area contributed by atoms with Crippen LogP contribution in [0.1, 0.15) is 95.8 Å². The minimum atomic E-state index is -1.02. The fourth-order valence-corrected chi connectivity index (χ4v) is 4.30. The minimum absolute atomic E-state index is 0.0280. The summed E-state index contributed by atoms with van der Waals surface area (Å²) < 4.78 is 22.7. The highest BCUT2D eigenvalue weighted by atomic mass is 16.6. The third-order valence-electron chi connectivity index (χ3n) is 7.51. The molecule has 228 valence electrons. The number of rotatable bonds is 13. The summed E-state index contributed by atoms with van der Waals surface area (Å²) in [7, 11) is 0. The van der Waals surface area contributed by atoms with Crippen molar-refractivity contribution in [2.75, 3.05) is 6.61 Å². The zero-order chi connectivity index (χ0) is 31.6. The average Bonchev–Trinajstić information content (AvgIpc) is 3.00. The third kappa shape index (κ3) is 9.26. The Morgan fingerprint density at radius 1 is 0.651 bits per heavy atom. The van der Waals surface area contributed by atoms with Crippen molar-refractivity contribution >= 4 is 23.9 Å². The van der Waals surface area contributed by atoms with E-state index >= 15 is 0 Å². The number of esters is 4. The first kappa shape index (κ1) is 33.0. The van der Waals surface area contributed by atoms with Gasteiger partial charge in [-0.05, 0) is 70.5 Å². The first-order valence-electron chi connectivity index (χ1n) is 14.4. The van der Waals surface area contributed by atoms with Crippen molar-refractivity contribution in [2.45, 2.75) is 71.7 Å². The first-order valence-corrected chi connectivity index (χ1v) is 14.4. The van der Waals surface area contributed by atoms with Crippen LogP contribution in [0.2, 0.25) is 0 Å². The van der Waals surface area contributed by atoms with Gasteiger partial charge in [0.1, 0.15) is 17.3 Å². The summed E-state index contributed by atoms with van der Waals surface area (Å²) in [5, 5.41) is 0. The maximum Gasteiger partial charge on any atom is 0.339 e. The zero-order valence-corrected chi connectivity index (χ0v) is 25.6. The van der Waals surface area contributed by atoms with E-state index in [1.807, 2.05) is 26.0 Å². The van der Waals surface area contributed by atoms with Crippen LogP contribution in [0.5, 0.6) is 0 Å². The molecule has 0 radical (unpaired) electrons. The Morgan fingerprint density at radius 2 is 1.14 bits per heavy atom. The van der Waals surface area contributed by atoms with Crippen LogP contribution in [-0.4, -0.2) is 47.8 Å². The standard InChI is InChI=1S/C35H40O8/c1-7-35(6,43-31(37)27-18-12-9-13-19-27)22-25(3)41-32(38)28-20-14-15-21-29(28)33(39)42-34(4,5)24(2)23-40-30(36)26-16-10-8-11-17-26/h8-21,24-25H,7,22-23H2,1-6H3. The van der Waals surface area contributed by atoms with Gasteiger partial charge in [-0.25, -0.2) is 19.2 Å². The Bertz CT molecular complexity index is 1400. The summed E-state index contributed by atoms with van der Waals surface area (Å²) in [6.07, 6.45) is 0.137. The van der Waals surface area contributed by atoms with Crippen molar-refractivity contribution < 1.29 is 38.1 Å². The molecule has 0 amide bonds. The molecular formula is C35H40O8. The Hall–Kier alpha value is -4.46. The number of hydrogen-bond donors (Lipinski definition) is 0. The lowest BCUT2D eigenvalue weighted by atomic mass is 9.93. The lowest BCUT2D eigenvalue weighted by molar-refractivity contribution is -0.0436. The van der Waals surface area contributed by atoms with E-state index in [0.29, 0.717) is 17.5 Å². The largest absolute Gasteiger partial charge is 0.462 e. The van der Waals surface area contributed by atoms with Gasteiger partial charge in [0.15, 0.2) is 0 Å². The average molecular weight is 589 g/mol. The third-order valence-corrected chi connectivity index (χ3v) is 7.51. The summed E-state index contributed by atoms with van der Waals surface area (Å²) >= 11 is 0. The van der Waals surface area contributed by atoms with Crippen molar-refractivity contribution in [2.24, 2.45) is 5.92 Å². The van der Waals surface area contributed by atoms with Crippen LogP contribution in [-0.2, 0) is 18.9 Å². The molecule has 0 saturated carbocycles. The maximum absolute atomic E-state index is 13.3. The molecule has 43 heavy (non-hydrogen) atoms. The molecule has 3 rings (SSSR count). The van der Waals surface area contributed by atoms with Crippen LogP contribution in [0.15, 0.2) is 84.9 Å². The second kappa shape index (κ2) is 14.6. The van der Waals surface area contributed by atoms with Crippen molar-refractivity contribution in [3.8, 4) is 0 Å². The predicted molar refractivity (Wildman–Crippen MR) is 162 cm³/mol. The second-order valence-electron chi connectivity index (χ2n) is 11.4. The highest BCUT2D eigenvalue weighted by molar-refractivity contribution is 6.03. The molecule has 8 nitrogen and oxygen atoms in total. The molecule has 0 aliphatic carbocycles. The van der Waals surface area contributed by atoms with Gasteiger partial charge in [0, 0.05) is 12.3 Å². The van der Waals surface area contributed by atoms with Gasteiger partial charge in [-0.15, -0.1) is 0 Å². The monoisotopic (exact) mass is 588 g/mol. The molecule has 0 spiro atoms. The highest BCUT2D eigenvalue weighted by Crippen LogP contribution is 2.27. The van der Waals surface area contributed by atoms with Gasteiger partial charge in [-0.3, -0.25) is 0 Å². The number of benzene rings is 3. The van der Waals surface area contributed by atoms with Crippen molar-refractivity contribution in [1.82, 2.24) is 0 Å². The molecule has 0 bridgehead atoms. The molecule has 0 aliphatic heterocycles. The van der Waals surface area contributed by atoms with Gasteiger partial charge in [0.2, 0.25) is 0 Å². The fourth-order valence-electron chi connectivity index (χ4n) is 4.30. The molecule has 0 heterocycles. The Labute approximate surface area is 253 Å².